The topological polar surface area (TPSA) is 7.12 Å². The number of hydrogen-bond acceptors (Lipinski definition) is 3. The molecule has 130 valence electrons. The average molecular weight is 594 g/mol. The zero-order valence-electron chi connectivity index (χ0n) is 14.1. The van der Waals surface area contributed by atoms with Gasteiger partial charge < -0.3 is 24.0 Å². The van der Waals surface area contributed by atoms with Gasteiger partial charge in [-0.2, -0.15) is 0 Å². The van der Waals surface area contributed by atoms with Crippen LogP contribution in [-0.2, 0) is 7.05 Å². The molecule has 0 unspecified atom stereocenters. The minimum atomic E-state index is -0.0306. The van der Waals surface area contributed by atoms with Gasteiger partial charge in [0, 0.05) is 0 Å². The first-order chi connectivity index (χ1) is 11.8. The van der Waals surface area contributed by atoms with Gasteiger partial charge in [0.25, 0.3) is 0 Å². The third-order valence-electron chi connectivity index (χ3n) is 4.08. The fraction of sp³-hybridized carbons (Fsp3) is 0.211. The van der Waals surface area contributed by atoms with E-state index >= 15 is 0 Å². The average Bonchev–Trinajstić information content (AvgIpc) is 3.13. The van der Waals surface area contributed by atoms with E-state index in [0.717, 1.165) is 6.54 Å². The van der Waals surface area contributed by atoms with Crippen molar-refractivity contribution in [3.8, 4) is 0 Å². The van der Waals surface area contributed by atoms with E-state index in [0.29, 0.717) is 0 Å². The Labute approximate surface area is 184 Å². The third kappa shape index (κ3) is 3.88. The molecule has 0 amide bonds. The molecule has 0 fully saturated rings. The number of para-hydroxylation sites is 1. The van der Waals surface area contributed by atoms with Crippen molar-refractivity contribution in [2.75, 3.05) is 11.4 Å². The molecule has 0 bridgehead atoms. The summed E-state index contributed by atoms with van der Waals surface area (Å²) in [5.74, 6) is 0. The van der Waals surface area contributed by atoms with Gasteiger partial charge in [-0.3, -0.25) is 0 Å². The second-order valence-corrected chi connectivity index (χ2v) is 10.6. The first-order valence-electron chi connectivity index (χ1n) is 8.03. The number of allylic oxidation sites excluding steroid dienone is 3. The quantitative estimate of drug-likeness (QED) is 0.296. The molecule has 0 saturated carbocycles. The number of fused-ring (bicyclic) bond motifs is 2. The molecule has 4 rings (SSSR count). The molecule has 2 aliphatic heterocycles. The van der Waals surface area contributed by atoms with Crippen LogP contribution in [0, 0.1) is 0 Å². The standard InChI is InChI=1S/C19H19N2S2Te.HI/c1-3-21-14-8-4-5-9-15(14)22-18(21)12-6-11-17-20(2)19-16(23-17)10-7-13-24-19;/h4-12H,3,13H2,1-2H3;1H/q+1;/p-1. The minimum absolute atomic E-state index is 0. The summed E-state index contributed by atoms with van der Waals surface area (Å²) in [6, 6.07) is 8.65. The summed E-state index contributed by atoms with van der Waals surface area (Å²) in [6.45, 7) is 3.21. The second kappa shape index (κ2) is 8.62. The van der Waals surface area contributed by atoms with E-state index in [2.05, 4.69) is 78.1 Å². The van der Waals surface area contributed by atoms with Gasteiger partial charge in [0.05, 0.1) is 0 Å². The molecule has 0 spiro atoms. The van der Waals surface area contributed by atoms with Crippen molar-refractivity contribution in [1.82, 2.24) is 0 Å². The number of benzene rings is 1. The number of thiazole rings is 1. The van der Waals surface area contributed by atoms with Crippen LogP contribution in [0.2, 0.25) is 4.47 Å². The molecule has 0 aliphatic carbocycles. The summed E-state index contributed by atoms with van der Waals surface area (Å²) in [7, 11) is 2.21. The van der Waals surface area contributed by atoms with Crippen LogP contribution in [-0.4, -0.2) is 27.5 Å². The number of nitrogens with zero attached hydrogens (tertiary/aromatic N) is 2. The van der Waals surface area contributed by atoms with E-state index < -0.39 is 0 Å². The van der Waals surface area contributed by atoms with Gasteiger partial charge in [0.1, 0.15) is 0 Å². The fourth-order valence-corrected chi connectivity index (χ4v) is 8.40. The zero-order valence-corrected chi connectivity index (χ0v) is 20.2. The predicted molar refractivity (Wildman–Crippen MR) is 107 cm³/mol. The van der Waals surface area contributed by atoms with Crippen LogP contribution in [0.4, 0.5) is 5.69 Å². The Kier molecular flexibility index (Phi) is 6.72. The summed E-state index contributed by atoms with van der Waals surface area (Å²) >= 11 is 3.74. The van der Waals surface area contributed by atoms with Crippen LogP contribution in [0.1, 0.15) is 16.8 Å². The molecule has 3 heterocycles. The first kappa shape index (κ1) is 19.5. The molecule has 0 N–H and O–H groups in total. The van der Waals surface area contributed by atoms with Crippen molar-refractivity contribution in [3.63, 3.8) is 0 Å². The van der Waals surface area contributed by atoms with Gasteiger partial charge >= 0.3 is 162 Å². The molecule has 0 radical (unpaired) electrons. The fourth-order valence-electron chi connectivity index (χ4n) is 2.91. The monoisotopic (exact) mass is 596 g/mol. The maximum Gasteiger partial charge on any atom is -1.00 e. The maximum atomic E-state index is 2.40. The molecule has 0 atom stereocenters. The van der Waals surface area contributed by atoms with Crippen LogP contribution in [0.5, 0.6) is 0 Å². The number of rotatable bonds is 3. The molecule has 2 aliphatic rings. The van der Waals surface area contributed by atoms with E-state index in [4.69, 9.17) is 0 Å². The SMILES string of the molecule is CCN1C(=CC=Cc2sc3c([n+]2C)[Te]CC=C3)Sc2ccccc21.[I-]. The van der Waals surface area contributed by atoms with E-state index in [1.54, 1.807) is 3.74 Å². The van der Waals surface area contributed by atoms with E-state index in [9.17, 15) is 0 Å². The largest absolute Gasteiger partial charge is 1.00 e. The Bertz CT molecular complexity index is 870. The molecule has 1 aromatic heterocycles. The number of anilines is 1. The normalized spacial score (nSPS) is 17.0. The molecule has 2 nitrogen and oxygen atoms in total. The Morgan fingerprint density at radius 1 is 1.32 bits per heavy atom. The number of halogens is 1. The molecule has 25 heavy (non-hydrogen) atoms. The van der Waals surface area contributed by atoms with Crippen molar-refractivity contribution in [2.24, 2.45) is 7.05 Å². The molecule has 1 aromatic carbocycles. The zero-order chi connectivity index (χ0) is 16.5. The molecule has 6 heteroatoms. The van der Waals surface area contributed by atoms with Crippen LogP contribution in [0.3, 0.4) is 0 Å². The summed E-state index contributed by atoms with van der Waals surface area (Å²) < 4.78 is 5.28. The molecular weight excluding hydrogens is 575 g/mol. The third-order valence-corrected chi connectivity index (χ3v) is 9.99. The van der Waals surface area contributed by atoms with Gasteiger partial charge in [-0.25, -0.2) is 0 Å². The number of hydrogen-bond donors (Lipinski definition) is 0. The second-order valence-electron chi connectivity index (χ2n) is 5.56. The molecular formula is C19H19IN2S2Te. The van der Waals surface area contributed by atoms with Crippen LogP contribution >= 0.6 is 23.1 Å². The van der Waals surface area contributed by atoms with Gasteiger partial charge in [-0.05, 0) is 0 Å². The van der Waals surface area contributed by atoms with E-state index in [1.807, 2.05) is 23.1 Å². The van der Waals surface area contributed by atoms with Crippen LogP contribution in [0.25, 0.3) is 12.2 Å². The van der Waals surface area contributed by atoms with Crippen LogP contribution < -0.4 is 37.2 Å². The Morgan fingerprint density at radius 2 is 2.16 bits per heavy atom. The Balaban J connectivity index is 0.00000182. The van der Waals surface area contributed by atoms with E-state index in [-0.39, 0.29) is 44.9 Å². The summed E-state index contributed by atoms with van der Waals surface area (Å²) in [5.41, 5.74) is 1.33. The maximum absolute atomic E-state index is 2.40. The Hall–Kier alpha value is -0.260. The van der Waals surface area contributed by atoms with E-state index in [1.165, 1.54) is 30.0 Å². The minimum Gasteiger partial charge on any atom is -1.00 e. The summed E-state index contributed by atoms with van der Waals surface area (Å²) in [6.07, 6.45) is 11.3. The van der Waals surface area contributed by atoms with Crippen LogP contribution in [0.15, 0.2) is 52.4 Å². The number of thioether (sulfide) groups is 1. The Morgan fingerprint density at radius 3 is 2.96 bits per heavy atom. The van der Waals surface area contributed by atoms with Crippen molar-refractivity contribution < 1.29 is 28.5 Å². The first-order valence-corrected chi connectivity index (χ1v) is 12.5. The van der Waals surface area contributed by atoms with Crippen molar-refractivity contribution in [1.29, 1.82) is 0 Å². The predicted octanol–water partition coefficient (Wildman–Crippen LogP) is 0.838. The van der Waals surface area contributed by atoms with Crippen molar-refractivity contribution >= 4 is 65.6 Å². The van der Waals surface area contributed by atoms with Gasteiger partial charge in [-0.1, -0.05) is 0 Å². The number of aromatic nitrogens is 1. The summed E-state index contributed by atoms with van der Waals surface area (Å²) in [5, 5.41) is 2.66. The van der Waals surface area contributed by atoms with Gasteiger partial charge in [-0.15, -0.1) is 0 Å². The summed E-state index contributed by atoms with van der Waals surface area (Å²) in [4.78, 5) is 5.21. The van der Waals surface area contributed by atoms with Crippen molar-refractivity contribution in [2.45, 2.75) is 16.3 Å². The smallest absolute Gasteiger partial charge is 1.00 e. The van der Waals surface area contributed by atoms with Crippen molar-refractivity contribution in [3.05, 3.63) is 57.4 Å². The van der Waals surface area contributed by atoms with Gasteiger partial charge in [0.2, 0.25) is 0 Å². The van der Waals surface area contributed by atoms with Gasteiger partial charge in [0.15, 0.2) is 0 Å². The molecule has 0 saturated heterocycles. The molecule has 2 aromatic rings.